The molecule has 0 saturated carbocycles. The fraction of sp³-hybridized carbons (Fsp3) is 0.125. The molecular weight excluding hydrogens is 140 g/mol. The number of ether oxygens (including phenoxy) is 1. The first kappa shape index (κ1) is 7.42. The van der Waals surface area contributed by atoms with Crippen LogP contribution in [0.5, 0.6) is 5.75 Å². The number of nitrogen functional groups attached to an aromatic ring is 1. The largest absolute Gasteiger partial charge is 0.493 e. The Morgan fingerprint density at radius 3 is 2.73 bits per heavy atom. The number of hydrogen-bond acceptors (Lipinski definition) is 3. The number of anilines is 1. The average Bonchev–Trinajstić information content (AvgIpc) is 2.04. The molecule has 0 radical (unpaired) electrons. The normalized spacial score (nSPS) is 8.73. The molecule has 1 rings (SSSR count). The number of hydrogen-bond donors (Lipinski definition) is 1. The van der Waals surface area contributed by atoms with Gasteiger partial charge in [0.25, 0.3) is 0 Å². The van der Waals surface area contributed by atoms with Crippen molar-refractivity contribution >= 4 is 5.69 Å². The van der Waals surface area contributed by atoms with Gasteiger partial charge in [-0.2, -0.15) is 5.26 Å². The summed E-state index contributed by atoms with van der Waals surface area (Å²) in [6, 6.07) is 7.06. The summed E-state index contributed by atoms with van der Waals surface area (Å²) >= 11 is 0. The number of methoxy groups -OCH3 is 1. The number of benzene rings is 1. The van der Waals surface area contributed by atoms with E-state index >= 15 is 0 Å². The summed E-state index contributed by atoms with van der Waals surface area (Å²) in [5.41, 5.74) is 6.49. The van der Waals surface area contributed by atoms with Gasteiger partial charge in [0.1, 0.15) is 6.07 Å². The van der Waals surface area contributed by atoms with Crippen molar-refractivity contribution in [2.75, 3.05) is 12.8 Å². The van der Waals surface area contributed by atoms with E-state index in [1.54, 1.807) is 18.2 Å². The van der Waals surface area contributed by atoms with E-state index in [2.05, 4.69) is 0 Å². The second kappa shape index (κ2) is 2.93. The molecule has 0 saturated heterocycles. The lowest BCUT2D eigenvalue weighted by Gasteiger charge is -2.04. The molecule has 1 aromatic rings. The maximum Gasteiger partial charge on any atom is 0.159 e. The van der Waals surface area contributed by atoms with E-state index in [0.717, 1.165) is 0 Å². The molecule has 0 fully saturated rings. The van der Waals surface area contributed by atoms with E-state index in [0.29, 0.717) is 17.0 Å². The number of para-hydroxylation sites is 1. The van der Waals surface area contributed by atoms with Crippen LogP contribution < -0.4 is 10.5 Å². The van der Waals surface area contributed by atoms with Crippen molar-refractivity contribution in [3.63, 3.8) is 0 Å². The third-order valence-electron chi connectivity index (χ3n) is 1.37. The van der Waals surface area contributed by atoms with Crippen LogP contribution in [-0.2, 0) is 0 Å². The Bertz CT molecular complexity index is 301. The predicted molar refractivity (Wildman–Crippen MR) is 42.1 cm³/mol. The van der Waals surface area contributed by atoms with Crippen molar-refractivity contribution in [1.82, 2.24) is 0 Å². The number of nitrogens with two attached hydrogens (primary N) is 1. The van der Waals surface area contributed by atoms with Gasteiger partial charge in [0, 0.05) is 0 Å². The van der Waals surface area contributed by atoms with Crippen LogP contribution in [0.2, 0.25) is 0 Å². The Kier molecular flexibility index (Phi) is 1.98. The molecule has 3 heteroatoms. The number of nitrogens with zero attached hydrogens (tertiary/aromatic N) is 1. The third-order valence-corrected chi connectivity index (χ3v) is 1.37. The molecule has 0 aliphatic rings. The standard InChI is InChI=1S/C8H8N2O/c1-11-8-6(5-9)3-2-4-7(8)10/h2-4H,10H2,1H3. The van der Waals surface area contributed by atoms with Gasteiger partial charge in [-0.05, 0) is 12.1 Å². The van der Waals surface area contributed by atoms with Gasteiger partial charge >= 0.3 is 0 Å². The molecule has 3 nitrogen and oxygen atoms in total. The van der Waals surface area contributed by atoms with E-state index in [1.165, 1.54) is 7.11 Å². The van der Waals surface area contributed by atoms with E-state index in [4.69, 9.17) is 15.7 Å². The van der Waals surface area contributed by atoms with Crippen LogP contribution in [0.3, 0.4) is 0 Å². The van der Waals surface area contributed by atoms with Gasteiger partial charge in [-0.1, -0.05) is 6.07 Å². The summed E-state index contributed by atoms with van der Waals surface area (Å²) in [4.78, 5) is 0. The minimum atomic E-state index is 0.454. The highest BCUT2D eigenvalue weighted by atomic mass is 16.5. The van der Waals surface area contributed by atoms with Crippen molar-refractivity contribution in [3.8, 4) is 11.8 Å². The minimum Gasteiger partial charge on any atom is -0.493 e. The monoisotopic (exact) mass is 148 g/mol. The molecule has 0 aliphatic carbocycles. The molecule has 1 aromatic carbocycles. The van der Waals surface area contributed by atoms with Crippen molar-refractivity contribution in [1.29, 1.82) is 5.26 Å². The quantitative estimate of drug-likeness (QED) is 0.607. The first-order valence-electron chi connectivity index (χ1n) is 3.12. The van der Waals surface area contributed by atoms with Crippen molar-refractivity contribution in [2.24, 2.45) is 0 Å². The van der Waals surface area contributed by atoms with Crippen molar-refractivity contribution in [2.45, 2.75) is 0 Å². The highest BCUT2D eigenvalue weighted by Crippen LogP contribution is 2.24. The maximum atomic E-state index is 8.59. The molecule has 56 valence electrons. The van der Waals surface area contributed by atoms with Crippen LogP contribution >= 0.6 is 0 Å². The zero-order chi connectivity index (χ0) is 8.27. The highest BCUT2D eigenvalue weighted by Gasteiger charge is 2.03. The lowest BCUT2D eigenvalue weighted by molar-refractivity contribution is 0.415. The van der Waals surface area contributed by atoms with Gasteiger partial charge in [0.15, 0.2) is 5.75 Å². The molecule has 0 heterocycles. The van der Waals surface area contributed by atoms with Crippen LogP contribution in [0.15, 0.2) is 18.2 Å². The Morgan fingerprint density at radius 1 is 1.55 bits per heavy atom. The fourth-order valence-corrected chi connectivity index (χ4v) is 0.871. The summed E-state index contributed by atoms with van der Waals surface area (Å²) in [6.45, 7) is 0. The molecule has 0 unspecified atom stereocenters. The van der Waals surface area contributed by atoms with E-state index < -0.39 is 0 Å². The zero-order valence-corrected chi connectivity index (χ0v) is 6.16. The Hall–Kier alpha value is -1.69. The molecule has 0 aromatic heterocycles. The van der Waals surface area contributed by atoms with Crippen LogP contribution in [0.4, 0.5) is 5.69 Å². The van der Waals surface area contributed by atoms with Gasteiger partial charge in [0.2, 0.25) is 0 Å². The summed E-state index contributed by atoms with van der Waals surface area (Å²) in [5, 5.41) is 8.59. The summed E-state index contributed by atoms with van der Waals surface area (Å²) in [7, 11) is 1.49. The van der Waals surface area contributed by atoms with E-state index in [1.807, 2.05) is 6.07 Å². The molecule has 2 N–H and O–H groups in total. The van der Waals surface area contributed by atoms with Crippen LogP contribution in [0.25, 0.3) is 0 Å². The summed E-state index contributed by atoms with van der Waals surface area (Å²) in [5.74, 6) is 0.454. The highest BCUT2D eigenvalue weighted by molar-refractivity contribution is 5.60. The van der Waals surface area contributed by atoms with Crippen LogP contribution in [-0.4, -0.2) is 7.11 Å². The molecule has 0 amide bonds. The van der Waals surface area contributed by atoms with Crippen molar-refractivity contribution < 1.29 is 4.74 Å². The average molecular weight is 148 g/mol. The molecule has 0 spiro atoms. The van der Waals surface area contributed by atoms with Gasteiger partial charge in [0.05, 0.1) is 18.4 Å². The van der Waals surface area contributed by atoms with Gasteiger partial charge in [-0.15, -0.1) is 0 Å². The van der Waals surface area contributed by atoms with Gasteiger partial charge in [-0.3, -0.25) is 0 Å². The lowest BCUT2D eigenvalue weighted by atomic mass is 10.2. The Morgan fingerprint density at radius 2 is 2.27 bits per heavy atom. The molecule has 0 aliphatic heterocycles. The summed E-state index contributed by atoms with van der Waals surface area (Å²) < 4.78 is 4.92. The first-order valence-corrected chi connectivity index (χ1v) is 3.12. The zero-order valence-electron chi connectivity index (χ0n) is 6.16. The topological polar surface area (TPSA) is 59.0 Å². The second-order valence-corrected chi connectivity index (χ2v) is 2.04. The fourth-order valence-electron chi connectivity index (χ4n) is 0.871. The second-order valence-electron chi connectivity index (χ2n) is 2.04. The molecule has 11 heavy (non-hydrogen) atoms. The number of rotatable bonds is 1. The molecular formula is C8H8N2O. The van der Waals surface area contributed by atoms with Crippen LogP contribution in [0.1, 0.15) is 5.56 Å². The minimum absolute atomic E-state index is 0.454. The van der Waals surface area contributed by atoms with Gasteiger partial charge in [-0.25, -0.2) is 0 Å². The third kappa shape index (κ3) is 1.24. The molecule has 0 atom stereocenters. The lowest BCUT2D eigenvalue weighted by Crippen LogP contribution is -1.94. The maximum absolute atomic E-state index is 8.59. The van der Waals surface area contributed by atoms with Crippen LogP contribution in [0, 0.1) is 11.3 Å². The molecule has 0 bridgehead atoms. The van der Waals surface area contributed by atoms with Gasteiger partial charge < -0.3 is 10.5 Å². The summed E-state index contributed by atoms with van der Waals surface area (Å²) in [6.07, 6.45) is 0. The smallest absolute Gasteiger partial charge is 0.159 e. The Balaban J connectivity index is 3.27. The van der Waals surface area contributed by atoms with Crippen molar-refractivity contribution in [3.05, 3.63) is 23.8 Å². The predicted octanol–water partition coefficient (Wildman–Crippen LogP) is 1.15. The number of nitriles is 1. The van der Waals surface area contributed by atoms with E-state index in [-0.39, 0.29) is 0 Å². The Labute approximate surface area is 65.0 Å². The SMILES string of the molecule is COc1c(N)cccc1C#N. The first-order chi connectivity index (χ1) is 5.29. The van der Waals surface area contributed by atoms with E-state index in [9.17, 15) is 0 Å².